The third kappa shape index (κ3) is 1.41. The standard InChI is InChI=1S/C14H17NO/c1-16-14-6-2-4-10-11-5-3-9-15-13(11)8-7-12(10)14/h2,4,6,15H,3,5,7-9H2,1H3. The van der Waals surface area contributed by atoms with Crippen molar-refractivity contribution in [2.75, 3.05) is 13.7 Å². The first-order valence-corrected chi connectivity index (χ1v) is 6.02. The number of hydrogen-bond donors (Lipinski definition) is 1. The highest BCUT2D eigenvalue weighted by Gasteiger charge is 2.23. The molecule has 0 spiro atoms. The lowest BCUT2D eigenvalue weighted by Gasteiger charge is -2.29. The predicted octanol–water partition coefficient (Wildman–Crippen LogP) is 2.74. The van der Waals surface area contributed by atoms with Crippen LogP contribution >= 0.6 is 0 Å². The van der Waals surface area contributed by atoms with Gasteiger partial charge in [0.05, 0.1) is 7.11 Å². The second kappa shape index (κ2) is 3.85. The summed E-state index contributed by atoms with van der Waals surface area (Å²) in [5, 5.41) is 3.54. The molecular weight excluding hydrogens is 198 g/mol. The van der Waals surface area contributed by atoms with E-state index in [2.05, 4.69) is 23.5 Å². The third-order valence-corrected chi connectivity index (χ3v) is 3.61. The first-order valence-electron chi connectivity index (χ1n) is 6.02. The van der Waals surface area contributed by atoms with Crippen LogP contribution in [-0.4, -0.2) is 13.7 Å². The summed E-state index contributed by atoms with van der Waals surface area (Å²) in [5.74, 6) is 1.05. The lowest BCUT2D eigenvalue weighted by molar-refractivity contribution is 0.408. The molecule has 1 aliphatic heterocycles. The molecule has 2 heteroatoms. The Balaban J connectivity index is 2.13. The molecule has 1 heterocycles. The molecule has 2 aliphatic rings. The highest BCUT2D eigenvalue weighted by Crippen LogP contribution is 2.38. The molecule has 1 aromatic carbocycles. The van der Waals surface area contributed by atoms with Crippen LogP contribution in [-0.2, 0) is 6.42 Å². The topological polar surface area (TPSA) is 21.3 Å². The predicted molar refractivity (Wildman–Crippen MR) is 65.5 cm³/mol. The second-order valence-electron chi connectivity index (χ2n) is 4.47. The summed E-state index contributed by atoms with van der Waals surface area (Å²) >= 11 is 0. The Morgan fingerprint density at radius 1 is 1.19 bits per heavy atom. The average Bonchev–Trinajstić information content (AvgIpc) is 2.37. The van der Waals surface area contributed by atoms with Gasteiger partial charge in [0.1, 0.15) is 5.75 Å². The van der Waals surface area contributed by atoms with Crippen LogP contribution in [0.2, 0.25) is 0 Å². The Kier molecular flexibility index (Phi) is 2.35. The molecule has 0 amide bonds. The minimum Gasteiger partial charge on any atom is -0.496 e. The molecule has 0 aromatic heterocycles. The number of methoxy groups -OCH3 is 1. The largest absolute Gasteiger partial charge is 0.496 e. The molecule has 16 heavy (non-hydrogen) atoms. The van der Waals surface area contributed by atoms with Gasteiger partial charge in [-0.1, -0.05) is 12.1 Å². The molecule has 0 atom stereocenters. The lowest BCUT2D eigenvalue weighted by Crippen LogP contribution is -2.24. The van der Waals surface area contributed by atoms with Crippen LogP contribution in [0, 0.1) is 0 Å². The molecule has 84 valence electrons. The van der Waals surface area contributed by atoms with Crippen LogP contribution in [0.4, 0.5) is 0 Å². The summed E-state index contributed by atoms with van der Waals surface area (Å²) in [6.45, 7) is 1.14. The zero-order chi connectivity index (χ0) is 11.0. The van der Waals surface area contributed by atoms with Gasteiger partial charge < -0.3 is 10.1 Å². The summed E-state index contributed by atoms with van der Waals surface area (Å²) in [6, 6.07) is 6.40. The summed E-state index contributed by atoms with van der Waals surface area (Å²) in [6.07, 6.45) is 4.70. The third-order valence-electron chi connectivity index (χ3n) is 3.61. The maximum Gasteiger partial charge on any atom is 0.122 e. The molecule has 0 radical (unpaired) electrons. The van der Waals surface area contributed by atoms with Crippen molar-refractivity contribution in [2.45, 2.75) is 25.7 Å². The van der Waals surface area contributed by atoms with E-state index in [0.717, 1.165) is 25.1 Å². The number of hydrogen-bond acceptors (Lipinski definition) is 2. The van der Waals surface area contributed by atoms with E-state index in [1.54, 1.807) is 7.11 Å². The Labute approximate surface area is 96.3 Å². The molecule has 0 saturated heterocycles. The van der Waals surface area contributed by atoms with Gasteiger partial charge in [-0.3, -0.25) is 0 Å². The SMILES string of the molecule is COc1cccc2c1CCC1=C2CCCN1. The van der Waals surface area contributed by atoms with Gasteiger partial charge in [0.25, 0.3) is 0 Å². The van der Waals surface area contributed by atoms with E-state index in [1.807, 2.05) is 0 Å². The molecule has 1 aromatic rings. The van der Waals surface area contributed by atoms with Crippen LogP contribution in [0.5, 0.6) is 5.75 Å². The van der Waals surface area contributed by atoms with Crippen LogP contribution < -0.4 is 10.1 Å². The zero-order valence-corrected chi connectivity index (χ0v) is 9.68. The van der Waals surface area contributed by atoms with Gasteiger partial charge in [0, 0.05) is 17.8 Å². The van der Waals surface area contributed by atoms with Gasteiger partial charge in [0.2, 0.25) is 0 Å². The number of fused-ring (bicyclic) bond motifs is 2. The smallest absolute Gasteiger partial charge is 0.122 e. The van der Waals surface area contributed by atoms with E-state index in [1.165, 1.54) is 35.2 Å². The number of ether oxygens (including phenoxy) is 1. The fourth-order valence-electron chi connectivity index (χ4n) is 2.85. The fourth-order valence-corrected chi connectivity index (χ4v) is 2.85. The second-order valence-corrected chi connectivity index (χ2v) is 4.47. The maximum absolute atomic E-state index is 5.45. The molecular formula is C14H17NO. The van der Waals surface area contributed by atoms with Crippen molar-refractivity contribution in [1.29, 1.82) is 0 Å². The lowest BCUT2D eigenvalue weighted by atomic mass is 9.84. The Morgan fingerprint density at radius 3 is 3.00 bits per heavy atom. The summed E-state index contributed by atoms with van der Waals surface area (Å²) in [5.41, 5.74) is 5.79. The van der Waals surface area contributed by atoms with Crippen molar-refractivity contribution >= 4 is 5.57 Å². The highest BCUT2D eigenvalue weighted by molar-refractivity contribution is 5.75. The van der Waals surface area contributed by atoms with Gasteiger partial charge in [0.15, 0.2) is 0 Å². The quantitative estimate of drug-likeness (QED) is 0.777. The fraction of sp³-hybridized carbons (Fsp3) is 0.429. The normalized spacial score (nSPS) is 18.6. The van der Waals surface area contributed by atoms with Gasteiger partial charge >= 0.3 is 0 Å². The molecule has 0 saturated carbocycles. The van der Waals surface area contributed by atoms with Crippen LogP contribution in [0.1, 0.15) is 30.4 Å². The maximum atomic E-state index is 5.45. The number of rotatable bonds is 1. The monoisotopic (exact) mass is 215 g/mol. The van der Waals surface area contributed by atoms with E-state index < -0.39 is 0 Å². The molecule has 3 rings (SSSR count). The van der Waals surface area contributed by atoms with Crippen LogP contribution in [0.15, 0.2) is 23.9 Å². The summed E-state index contributed by atoms with van der Waals surface area (Å²) < 4.78 is 5.45. The van der Waals surface area contributed by atoms with Gasteiger partial charge in [-0.05, 0) is 42.9 Å². The molecule has 0 unspecified atom stereocenters. The van der Waals surface area contributed by atoms with Crippen molar-refractivity contribution in [3.05, 3.63) is 35.0 Å². The van der Waals surface area contributed by atoms with E-state index in [9.17, 15) is 0 Å². The van der Waals surface area contributed by atoms with E-state index >= 15 is 0 Å². The van der Waals surface area contributed by atoms with Crippen molar-refractivity contribution in [1.82, 2.24) is 5.32 Å². The average molecular weight is 215 g/mol. The Bertz CT molecular complexity index is 448. The highest BCUT2D eigenvalue weighted by atomic mass is 16.5. The van der Waals surface area contributed by atoms with Crippen molar-refractivity contribution in [2.24, 2.45) is 0 Å². The minimum atomic E-state index is 1.05. The van der Waals surface area contributed by atoms with Gasteiger partial charge in [-0.25, -0.2) is 0 Å². The van der Waals surface area contributed by atoms with E-state index in [-0.39, 0.29) is 0 Å². The van der Waals surface area contributed by atoms with Crippen molar-refractivity contribution < 1.29 is 4.74 Å². The Morgan fingerprint density at radius 2 is 2.12 bits per heavy atom. The van der Waals surface area contributed by atoms with E-state index in [0.29, 0.717) is 0 Å². The molecule has 1 aliphatic carbocycles. The van der Waals surface area contributed by atoms with Crippen LogP contribution in [0.25, 0.3) is 5.57 Å². The van der Waals surface area contributed by atoms with Crippen molar-refractivity contribution in [3.63, 3.8) is 0 Å². The van der Waals surface area contributed by atoms with Crippen molar-refractivity contribution in [3.8, 4) is 5.75 Å². The number of nitrogens with one attached hydrogen (secondary N) is 1. The molecule has 0 bridgehead atoms. The van der Waals surface area contributed by atoms with Gasteiger partial charge in [-0.2, -0.15) is 0 Å². The first kappa shape index (κ1) is 9.76. The zero-order valence-electron chi connectivity index (χ0n) is 9.68. The molecule has 0 fully saturated rings. The number of allylic oxidation sites excluding steroid dienone is 2. The minimum absolute atomic E-state index is 1.05. The summed E-state index contributed by atoms with van der Waals surface area (Å²) in [7, 11) is 1.76. The van der Waals surface area contributed by atoms with Gasteiger partial charge in [-0.15, -0.1) is 0 Å². The van der Waals surface area contributed by atoms with Crippen LogP contribution in [0.3, 0.4) is 0 Å². The molecule has 2 nitrogen and oxygen atoms in total. The first-order chi connectivity index (χ1) is 7.90. The van der Waals surface area contributed by atoms with E-state index in [4.69, 9.17) is 4.74 Å². The Hall–Kier alpha value is -1.44. The number of benzene rings is 1. The summed E-state index contributed by atoms with van der Waals surface area (Å²) in [4.78, 5) is 0. The molecule has 1 N–H and O–H groups in total.